The van der Waals surface area contributed by atoms with Crippen LogP contribution in [0.2, 0.25) is 5.02 Å². The zero-order chi connectivity index (χ0) is 23.4. The van der Waals surface area contributed by atoms with E-state index in [1.54, 1.807) is 24.3 Å². The molecule has 0 fully saturated rings. The fourth-order valence-electron chi connectivity index (χ4n) is 3.74. The molecular formula is C25H25ClN2O4S. The van der Waals surface area contributed by atoms with Crippen LogP contribution in [0.3, 0.4) is 0 Å². The molecule has 2 atom stereocenters. The number of para-hydroxylation sites is 2. The summed E-state index contributed by atoms with van der Waals surface area (Å²) in [6, 6.07) is 22.7. The Morgan fingerprint density at radius 1 is 1.06 bits per heavy atom. The number of aryl methyl sites for hydroxylation is 1. The van der Waals surface area contributed by atoms with Gasteiger partial charge in [0.25, 0.3) is 15.9 Å². The second-order valence-corrected chi connectivity index (χ2v) is 10.3. The number of ether oxygens (including phenoxy) is 1. The van der Waals surface area contributed by atoms with E-state index >= 15 is 0 Å². The second-order valence-electron chi connectivity index (χ2n) is 8.00. The molecule has 0 aliphatic carbocycles. The van der Waals surface area contributed by atoms with Gasteiger partial charge in [0.15, 0.2) is 6.10 Å². The van der Waals surface area contributed by atoms with Crippen molar-refractivity contribution >= 4 is 33.2 Å². The van der Waals surface area contributed by atoms with Crippen molar-refractivity contribution in [2.24, 2.45) is 0 Å². The van der Waals surface area contributed by atoms with Gasteiger partial charge in [0.2, 0.25) is 0 Å². The summed E-state index contributed by atoms with van der Waals surface area (Å²) in [5, 5.41) is 3.41. The predicted molar refractivity (Wildman–Crippen MR) is 129 cm³/mol. The Hall–Kier alpha value is -3.03. The highest BCUT2D eigenvalue weighted by Crippen LogP contribution is 2.37. The number of amides is 1. The molecule has 1 heterocycles. The smallest absolute Gasteiger partial charge is 0.264 e. The van der Waals surface area contributed by atoms with E-state index in [9.17, 15) is 13.2 Å². The van der Waals surface area contributed by atoms with Crippen LogP contribution in [-0.2, 0) is 21.2 Å². The molecule has 0 saturated carbocycles. The SMILES string of the molecule is CC(CCc1ccccc1)NC(=O)C1CN(S(=O)(=O)c2ccc(Cl)cc2)c2ccccc2O1. The quantitative estimate of drug-likeness (QED) is 0.538. The van der Waals surface area contributed by atoms with Crippen LogP contribution in [0.4, 0.5) is 5.69 Å². The van der Waals surface area contributed by atoms with E-state index in [0.29, 0.717) is 16.5 Å². The number of rotatable bonds is 7. The number of carbonyl (C=O) groups is 1. The molecule has 1 aliphatic heterocycles. The molecular weight excluding hydrogens is 460 g/mol. The summed E-state index contributed by atoms with van der Waals surface area (Å²) in [7, 11) is -3.92. The average Bonchev–Trinajstić information content (AvgIpc) is 2.83. The third kappa shape index (κ3) is 5.31. The minimum atomic E-state index is -3.92. The molecule has 6 nitrogen and oxygen atoms in total. The molecule has 0 aromatic heterocycles. The molecule has 0 saturated heterocycles. The minimum Gasteiger partial charge on any atom is -0.476 e. The van der Waals surface area contributed by atoms with Crippen molar-refractivity contribution in [3.63, 3.8) is 0 Å². The highest BCUT2D eigenvalue weighted by molar-refractivity contribution is 7.92. The Balaban J connectivity index is 1.51. The minimum absolute atomic E-state index is 0.0963. The molecule has 1 aliphatic rings. The van der Waals surface area contributed by atoms with Crippen LogP contribution in [0.15, 0.2) is 83.8 Å². The molecule has 4 rings (SSSR count). The van der Waals surface area contributed by atoms with Gasteiger partial charge in [-0.3, -0.25) is 9.10 Å². The first-order chi connectivity index (χ1) is 15.8. The van der Waals surface area contributed by atoms with Crippen LogP contribution in [0.5, 0.6) is 5.75 Å². The van der Waals surface area contributed by atoms with Gasteiger partial charge in [0, 0.05) is 11.1 Å². The molecule has 0 bridgehead atoms. The first-order valence-corrected chi connectivity index (χ1v) is 12.5. The second kappa shape index (κ2) is 9.85. The van der Waals surface area contributed by atoms with E-state index in [2.05, 4.69) is 17.4 Å². The lowest BCUT2D eigenvalue weighted by Crippen LogP contribution is -2.52. The Morgan fingerprint density at radius 2 is 1.73 bits per heavy atom. The topological polar surface area (TPSA) is 75.7 Å². The Bertz CT molecular complexity index is 1220. The number of fused-ring (bicyclic) bond motifs is 1. The van der Waals surface area contributed by atoms with Gasteiger partial charge in [-0.15, -0.1) is 0 Å². The molecule has 1 amide bonds. The van der Waals surface area contributed by atoms with Crippen LogP contribution >= 0.6 is 11.6 Å². The summed E-state index contributed by atoms with van der Waals surface area (Å²) < 4.78 is 33.9. The highest BCUT2D eigenvalue weighted by atomic mass is 35.5. The lowest BCUT2D eigenvalue weighted by molar-refractivity contribution is -0.128. The molecule has 0 radical (unpaired) electrons. The van der Waals surface area contributed by atoms with E-state index in [0.717, 1.165) is 12.8 Å². The van der Waals surface area contributed by atoms with Crippen molar-refractivity contribution in [1.29, 1.82) is 0 Å². The summed E-state index contributed by atoms with van der Waals surface area (Å²) in [5.41, 5.74) is 1.59. The van der Waals surface area contributed by atoms with Crippen LogP contribution in [-0.4, -0.2) is 33.0 Å². The normalized spacial score (nSPS) is 16.4. The number of anilines is 1. The van der Waals surface area contributed by atoms with Gasteiger partial charge in [-0.2, -0.15) is 0 Å². The predicted octanol–water partition coefficient (Wildman–Crippen LogP) is 4.43. The van der Waals surface area contributed by atoms with Crippen molar-refractivity contribution in [2.45, 2.75) is 36.8 Å². The first kappa shape index (κ1) is 23.1. The summed E-state index contributed by atoms with van der Waals surface area (Å²) in [5.74, 6) is -0.000233. The van der Waals surface area contributed by atoms with Crippen molar-refractivity contribution in [2.75, 3.05) is 10.8 Å². The first-order valence-electron chi connectivity index (χ1n) is 10.7. The monoisotopic (exact) mass is 484 g/mol. The van der Waals surface area contributed by atoms with Crippen LogP contribution in [0.1, 0.15) is 18.9 Å². The van der Waals surface area contributed by atoms with E-state index in [1.165, 1.54) is 34.1 Å². The lowest BCUT2D eigenvalue weighted by atomic mass is 10.1. The number of hydrogen-bond donors (Lipinski definition) is 1. The number of hydrogen-bond acceptors (Lipinski definition) is 4. The summed E-state index contributed by atoms with van der Waals surface area (Å²) in [6.45, 7) is 1.80. The number of carbonyl (C=O) groups excluding carboxylic acids is 1. The largest absolute Gasteiger partial charge is 0.476 e. The Morgan fingerprint density at radius 3 is 2.45 bits per heavy atom. The van der Waals surface area contributed by atoms with Crippen LogP contribution in [0, 0.1) is 0 Å². The average molecular weight is 485 g/mol. The third-order valence-electron chi connectivity index (χ3n) is 5.53. The van der Waals surface area contributed by atoms with Gasteiger partial charge in [-0.25, -0.2) is 8.42 Å². The molecule has 0 spiro atoms. The van der Waals surface area contributed by atoms with Crippen LogP contribution in [0.25, 0.3) is 0 Å². The zero-order valence-electron chi connectivity index (χ0n) is 18.1. The third-order valence-corrected chi connectivity index (χ3v) is 7.57. The fraction of sp³-hybridized carbons (Fsp3) is 0.240. The summed E-state index contributed by atoms with van der Waals surface area (Å²) in [6.07, 6.45) is 0.612. The van der Waals surface area contributed by atoms with Crippen molar-refractivity contribution in [1.82, 2.24) is 5.32 Å². The van der Waals surface area contributed by atoms with E-state index < -0.39 is 16.1 Å². The van der Waals surface area contributed by atoms with Crippen molar-refractivity contribution in [3.05, 3.63) is 89.4 Å². The fourth-order valence-corrected chi connectivity index (χ4v) is 5.34. The maximum Gasteiger partial charge on any atom is 0.264 e. The van der Waals surface area contributed by atoms with E-state index in [-0.39, 0.29) is 23.4 Å². The number of sulfonamides is 1. The van der Waals surface area contributed by atoms with Gasteiger partial charge < -0.3 is 10.1 Å². The van der Waals surface area contributed by atoms with Crippen molar-refractivity contribution in [3.8, 4) is 5.75 Å². The molecule has 8 heteroatoms. The summed E-state index contributed by atoms with van der Waals surface area (Å²) in [4.78, 5) is 13.1. The van der Waals surface area contributed by atoms with E-state index in [4.69, 9.17) is 16.3 Å². The van der Waals surface area contributed by atoms with Gasteiger partial charge >= 0.3 is 0 Å². The number of halogens is 1. The maximum atomic E-state index is 13.4. The number of nitrogens with one attached hydrogen (secondary N) is 1. The molecule has 3 aromatic rings. The van der Waals surface area contributed by atoms with E-state index in [1.807, 2.05) is 25.1 Å². The highest BCUT2D eigenvalue weighted by Gasteiger charge is 2.37. The molecule has 3 aromatic carbocycles. The Kier molecular flexibility index (Phi) is 6.91. The summed E-state index contributed by atoms with van der Waals surface area (Å²) >= 11 is 5.93. The van der Waals surface area contributed by atoms with Crippen molar-refractivity contribution < 1.29 is 17.9 Å². The van der Waals surface area contributed by atoms with Gasteiger partial charge in [-0.1, -0.05) is 54.1 Å². The lowest BCUT2D eigenvalue weighted by Gasteiger charge is -2.35. The maximum absolute atomic E-state index is 13.4. The standard InChI is InChI=1S/C25H25ClN2O4S/c1-18(11-12-19-7-3-2-4-8-19)27-25(29)24-17-28(22-9-5-6-10-23(22)32-24)33(30,31)21-15-13-20(26)14-16-21/h2-10,13-16,18,24H,11-12,17H2,1H3,(H,27,29). The van der Waals surface area contributed by atoms with Crippen LogP contribution < -0.4 is 14.4 Å². The molecule has 172 valence electrons. The zero-order valence-corrected chi connectivity index (χ0v) is 19.7. The Labute approximate surface area is 199 Å². The molecule has 1 N–H and O–H groups in total. The molecule has 2 unspecified atom stereocenters. The number of nitrogens with zero attached hydrogens (tertiary/aromatic N) is 1. The van der Waals surface area contributed by atoms with Gasteiger partial charge in [-0.05, 0) is 61.7 Å². The van der Waals surface area contributed by atoms with Gasteiger partial charge in [0.05, 0.1) is 17.1 Å². The molecule has 33 heavy (non-hydrogen) atoms. The van der Waals surface area contributed by atoms with Gasteiger partial charge in [0.1, 0.15) is 5.75 Å². The number of benzene rings is 3.